The van der Waals surface area contributed by atoms with Crippen molar-refractivity contribution in [3.05, 3.63) is 24.3 Å². The van der Waals surface area contributed by atoms with Gasteiger partial charge in [0.05, 0.1) is 6.10 Å². The van der Waals surface area contributed by atoms with E-state index in [-0.39, 0.29) is 34.4 Å². The Morgan fingerprint density at radius 1 is 0.892 bits per heavy atom. The molecule has 2 rings (SSSR count). The van der Waals surface area contributed by atoms with Crippen LogP contribution in [-0.4, -0.2) is 47.1 Å². The Morgan fingerprint density at radius 2 is 1.46 bits per heavy atom. The molecule has 214 valence electrons. The van der Waals surface area contributed by atoms with Gasteiger partial charge in [0.25, 0.3) is 0 Å². The van der Waals surface area contributed by atoms with E-state index in [1.54, 1.807) is 6.08 Å². The maximum absolute atomic E-state index is 13.5. The van der Waals surface area contributed by atoms with Gasteiger partial charge in [-0.2, -0.15) is 13.2 Å². The number of hydrogen-bond acceptors (Lipinski definition) is 4. The van der Waals surface area contributed by atoms with Crippen molar-refractivity contribution < 1.29 is 31.6 Å². The molecule has 0 N–H and O–H groups in total. The zero-order valence-corrected chi connectivity index (χ0v) is 26.5. The van der Waals surface area contributed by atoms with Crippen LogP contribution in [0.2, 0.25) is 36.3 Å². The van der Waals surface area contributed by atoms with Crippen LogP contribution in [0, 0.1) is 11.8 Å². The molecule has 0 amide bonds. The van der Waals surface area contributed by atoms with Crippen molar-refractivity contribution >= 4 is 22.6 Å². The predicted molar refractivity (Wildman–Crippen MR) is 148 cm³/mol. The molecule has 1 aliphatic heterocycles. The number of rotatable bonds is 4. The third-order valence-electron chi connectivity index (χ3n) is 8.81. The van der Waals surface area contributed by atoms with Crippen LogP contribution in [0.25, 0.3) is 0 Å². The van der Waals surface area contributed by atoms with E-state index in [9.17, 15) is 18.0 Å². The number of halogens is 3. The van der Waals surface area contributed by atoms with Crippen molar-refractivity contribution in [2.24, 2.45) is 11.8 Å². The third-order valence-corrected chi connectivity index (χ3v) is 17.8. The summed E-state index contributed by atoms with van der Waals surface area (Å²) in [6.07, 6.45) is 2.09. The van der Waals surface area contributed by atoms with Crippen LogP contribution in [0.5, 0.6) is 0 Å². The average Bonchev–Trinajstić information content (AvgIpc) is 3.08. The summed E-state index contributed by atoms with van der Waals surface area (Å²) in [6, 6.07) is 0. The Balaban J connectivity index is 2.43. The summed E-state index contributed by atoms with van der Waals surface area (Å²) >= 11 is 0. The topological polar surface area (TPSA) is 44.8 Å². The molecule has 0 bridgehead atoms. The summed E-state index contributed by atoms with van der Waals surface area (Å²) in [6.45, 7) is 22.0. The minimum atomic E-state index is -4.59. The van der Waals surface area contributed by atoms with E-state index in [2.05, 4.69) is 73.8 Å². The summed E-state index contributed by atoms with van der Waals surface area (Å²) in [4.78, 5) is 12.5. The summed E-state index contributed by atoms with van der Waals surface area (Å²) in [7, 11) is -4.25. The monoisotopic (exact) mass is 562 g/mol. The highest BCUT2D eigenvalue weighted by atomic mass is 28.4. The highest BCUT2D eigenvalue weighted by Crippen LogP contribution is 2.46. The normalized spacial score (nSPS) is 30.9. The van der Waals surface area contributed by atoms with E-state index >= 15 is 0 Å². The van der Waals surface area contributed by atoms with Crippen LogP contribution in [0.1, 0.15) is 73.6 Å². The zero-order chi connectivity index (χ0) is 28.4. The molecule has 0 saturated heterocycles. The van der Waals surface area contributed by atoms with Gasteiger partial charge in [0.2, 0.25) is 0 Å². The molecule has 0 unspecified atom stereocenters. The zero-order valence-electron chi connectivity index (χ0n) is 24.5. The highest BCUT2D eigenvalue weighted by Gasteiger charge is 2.47. The van der Waals surface area contributed by atoms with Crippen molar-refractivity contribution in [1.29, 1.82) is 0 Å². The number of ether oxygens (including phenoxy) is 1. The number of alkyl halides is 3. The lowest BCUT2D eigenvalue weighted by molar-refractivity contribution is -0.220. The van der Waals surface area contributed by atoms with Gasteiger partial charge in [0.1, 0.15) is 0 Å². The maximum Gasteiger partial charge on any atom is 0.425 e. The number of carbonyl (C=O) groups excluding carboxylic acids is 1. The second kappa shape index (κ2) is 11.7. The van der Waals surface area contributed by atoms with E-state index < -0.39 is 41.0 Å². The quantitative estimate of drug-likeness (QED) is 0.196. The molecule has 0 aromatic carbocycles. The first-order chi connectivity index (χ1) is 16.6. The van der Waals surface area contributed by atoms with Gasteiger partial charge in [0, 0.05) is 12.2 Å². The van der Waals surface area contributed by atoms with Crippen molar-refractivity contribution in [1.82, 2.24) is 0 Å². The lowest BCUT2D eigenvalue weighted by Gasteiger charge is -2.41. The molecule has 0 spiro atoms. The molecule has 5 atom stereocenters. The Labute approximate surface area is 224 Å². The predicted octanol–water partition coefficient (Wildman–Crippen LogP) is 8.56. The standard InChI is InChI=1S/C28H49F3O4Si2/c1-26(2,3)36(7,8)34-21-18-20-14-12-11-13-15-24(28(29,30)31)33-25(32)17-16-23(22(20)19-21)35-37(9,10)27(4,5)6/h12,14,16-17,20-24H,11,13,15,18-19H2,1-10H3/b14-12+,17-16+/t20-,21+,22-,23-,24+/m1/s1. The lowest BCUT2D eigenvalue weighted by Crippen LogP contribution is -2.46. The number of allylic oxidation sites excluding steroid dienone is 2. The second-order valence-electron chi connectivity index (χ2n) is 13.8. The molecule has 1 aliphatic carbocycles. The van der Waals surface area contributed by atoms with Gasteiger partial charge in [-0.25, -0.2) is 4.79 Å². The Bertz CT molecular complexity index is 838. The molecule has 37 heavy (non-hydrogen) atoms. The molecule has 1 fully saturated rings. The number of carbonyl (C=O) groups is 1. The molecule has 0 aromatic rings. The van der Waals surface area contributed by atoms with Crippen molar-refractivity contribution in [3.8, 4) is 0 Å². The molecule has 4 nitrogen and oxygen atoms in total. The minimum Gasteiger partial charge on any atom is -0.450 e. The minimum absolute atomic E-state index is 0.0587. The molecule has 1 saturated carbocycles. The number of esters is 1. The van der Waals surface area contributed by atoms with Crippen molar-refractivity contribution in [2.45, 2.75) is 134 Å². The fourth-order valence-electron chi connectivity index (χ4n) is 4.46. The fourth-order valence-corrected chi connectivity index (χ4v) is 7.13. The molecular weight excluding hydrogens is 513 g/mol. The summed E-state index contributed by atoms with van der Waals surface area (Å²) in [5.74, 6) is -0.755. The summed E-state index contributed by atoms with van der Waals surface area (Å²) in [5.41, 5.74) is 0. The smallest absolute Gasteiger partial charge is 0.425 e. The fraction of sp³-hybridized carbons (Fsp3) is 0.821. The van der Waals surface area contributed by atoms with Gasteiger partial charge < -0.3 is 13.6 Å². The largest absolute Gasteiger partial charge is 0.450 e. The Kier molecular flexibility index (Phi) is 10.2. The lowest BCUT2D eigenvalue weighted by atomic mass is 9.90. The van der Waals surface area contributed by atoms with Crippen molar-refractivity contribution in [3.63, 3.8) is 0 Å². The van der Waals surface area contributed by atoms with Crippen LogP contribution >= 0.6 is 0 Å². The number of fused-ring (bicyclic) bond motifs is 1. The summed E-state index contributed by atoms with van der Waals surface area (Å²) < 4.78 is 58.9. The number of hydrogen-bond donors (Lipinski definition) is 0. The van der Waals surface area contributed by atoms with Gasteiger partial charge in [-0.05, 0) is 86.3 Å². The Morgan fingerprint density at radius 3 is 2.00 bits per heavy atom. The van der Waals surface area contributed by atoms with E-state index in [0.29, 0.717) is 12.8 Å². The SMILES string of the molecule is CC(C)(C)[Si](C)(C)O[C@@H]1C[C@@H]2[C@H](/C=C/CCC[C@@H](C(F)(F)F)OC(=O)/C=C/[C@H]2O[Si](C)(C)C(C)(C)C)C1. The number of cyclic esters (lactones) is 1. The van der Waals surface area contributed by atoms with Gasteiger partial charge in [0.15, 0.2) is 22.7 Å². The van der Waals surface area contributed by atoms with Crippen molar-refractivity contribution in [2.75, 3.05) is 0 Å². The molecule has 9 heteroatoms. The van der Waals surface area contributed by atoms with Crippen LogP contribution < -0.4 is 0 Å². The highest BCUT2D eigenvalue weighted by molar-refractivity contribution is 6.74. The van der Waals surface area contributed by atoms with E-state index in [0.717, 1.165) is 18.9 Å². The van der Waals surface area contributed by atoms with Gasteiger partial charge in [-0.1, -0.05) is 53.7 Å². The third kappa shape index (κ3) is 8.80. The first-order valence-electron chi connectivity index (χ1n) is 13.6. The maximum atomic E-state index is 13.5. The molecule has 0 radical (unpaired) electrons. The molecular formula is C28H49F3O4Si2. The summed E-state index contributed by atoms with van der Waals surface area (Å²) in [5, 5.41) is 0.0219. The van der Waals surface area contributed by atoms with E-state index in [1.165, 1.54) is 0 Å². The molecule has 1 heterocycles. The first kappa shape index (κ1) is 32.3. The van der Waals surface area contributed by atoms with Crippen LogP contribution in [0.4, 0.5) is 13.2 Å². The van der Waals surface area contributed by atoms with Gasteiger partial charge in [-0.15, -0.1) is 0 Å². The van der Waals surface area contributed by atoms with E-state index in [1.807, 2.05) is 6.08 Å². The average molecular weight is 563 g/mol. The van der Waals surface area contributed by atoms with Crippen LogP contribution in [-0.2, 0) is 18.4 Å². The second-order valence-corrected chi connectivity index (χ2v) is 23.3. The Hall–Kier alpha value is -0.906. The van der Waals surface area contributed by atoms with Crippen LogP contribution in [0.15, 0.2) is 24.3 Å². The van der Waals surface area contributed by atoms with Gasteiger partial charge >= 0.3 is 12.1 Å². The van der Waals surface area contributed by atoms with E-state index in [4.69, 9.17) is 13.6 Å². The van der Waals surface area contributed by atoms with Crippen LogP contribution in [0.3, 0.4) is 0 Å². The molecule has 2 aliphatic rings. The molecule has 0 aromatic heterocycles. The first-order valence-corrected chi connectivity index (χ1v) is 19.4. The van der Waals surface area contributed by atoms with Gasteiger partial charge in [-0.3, -0.25) is 0 Å².